The van der Waals surface area contributed by atoms with Gasteiger partial charge in [-0.3, -0.25) is 14.4 Å². The Bertz CT molecular complexity index is 1080. The fourth-order valence-electron chi connectivity index (χ4n) is 6.91. The second-order valence-corrected chi connectivity index (χ2v) is 11.5. The number of hydrogen-bond donors (Lipinski definition) is 3. The molecule has 2 aliphatic heterocycles. The van der Waals surface area contributed by atoms with E-state index in [1.807, 2.05) is 0 Å². The zero-order chi connectivity index (χ0) is 28.6. The topological polar surface area (TPSA) is 178 Å². The van der Waals surface area contributed by atoms with Crippen molar-refractivity contribution in [2.24, 2.45) is 11.3 Å². The molecular weight excluding hydrogens is 504 g/mol. The van der Waals surface area contributed by atoms with Gasteiger partial charge in [0.1, 0.15) is 18.3 Å². The van der Waals surface area contributed by atoms with Crippen molar-refractivity contribution in [3.63, 3.8) is 0 Å². The Labute approximate surface area is 220 Å². The third kappa shape index (κ3) is 3.95. The second-order valence-electron chi connectivity index (χ2n) is 11.5. The lowest BCUT2D eigenvalue weighted by molar-refractivity contribution is -0.275. The van der Waals surface area contributed by atoms with Gasteiger partial charge in [0.2, 0.25) is 0 Å². The van der Waals surface area contributed by atoms with Crippen LogP contribution in [0.3, 0.4) is 0 Å². The SMILES string of the molecule is CC(=O)O[C@@H]1[C@@H]2[C@@](C)(O)[C@H](O)C[C@@H](OC(C)=O)[C@@]2(C)[C@H](OC(C)=O)C[C@H](O)/C(C)=C\[C@H]2OC(=O)[C@@]3(C)O[C@@]123. The average molecular weight is 541 g/mol. The normalized spacial score (nSPS) is 49.2. The molecule has 0 bridgehead atoms. The highest BCUT2D eigenvalue weighted by Gasteiger charge is 2.88. The minimum atomic E-state index is -2.05. The summed E-state index contributed by atoms with van der Waals surface area (Å²) in [4.78, 5) is 50.0. The Hall–Kier alpha value is -2.54. The summed E-state index contributed by atoms with van der Waals surface area (Å²) in [6.07, 6.45) is -6.62. The fraction of sp³-hybridized carbons (Fsp3) is 0.769. The van der Waals surface area contributed by atoms with Crippen LogP contribution in [0.25, 0.3) is 0 Å². The van der Waals surface area contributed by atoms with Crippen molar-refractivity contribution in [1.82, 2.24) is 0 Å². The largest absolute Gasteiger partial charge is 0.462 e. The number of esters is 4. The summed E-state index contributed by atoms with van der Waals surface area (Å²) < 4.78 is 28.9. The standard InChI is InChI=1S/C26H36O12/c1-11-8-19-26(25(7,38-26)22(32)37-19)21(36-14(4)29)20-23(5,17(9-15(11)30)34-12(2)27)18(35-13(3)28)10-16(31)24(20,6)33/h8,15-21,30-31,33H,9-10H2,1-7H3/b11-8-/t15-,16+,17+,18+,19+,20-,21+,23+,24-,25+,26+/m0/s1. The number of carbonyl (C=O) groups excluding carboxylic acids is 4. The first-order chi connectivity index (χ1) is 17.4. The van der Waals surface area contributed by atoms with Gasteiger partial charge in [-0.2, -0.15) is 0 Å². The molecular formula is C26H36O12. The molecule has 12 nitrogen and oxygen atoms in total. The third-order valence-electron chi connectivity index (χ3n) is 8.93. The monoisotopic (exact) mass is 540 g/mol. The van der Waals surface area contributed by atoms with Gasteiger partial charge in [0.25, 0.3) is 0 Å². The van der Waals surface area contributed by atoms with Crippen molar-refractivity contribution in [2.75, 3.05) is 0 Å². The third-order valence-corrected chi connectivity index (χ3v) is 8.93. The van der Waals surface area contributed by atoms with Crippen molar-refractivity contribution in [1.29, 1.82) is 0 Å². The smallest absolute Gasteiger partial charge is 0.342 e. The predicted octanol–water partition coefficient (Wildman–Crippen LogP) is 0.0836. The van der Waals surface area contributed by atoms with Gasteiger partial charge in [0.05, 0.1) is 23.2 Å². The maximum atomic E-state index is 13.0. The molecule has 4 rings (SSSR count). The number of aliphatic hydroxyl groups is 3. The number of ether oxygens (including phenoxy) is 5. The molecule has 0 aromatic rings. The van der Waals surface area contributed by atoms with E-state index < -0.39 is 88.6 Å². The zero-order valence-electron chi connectivity index (χ0n) is 22.5. The summed E-state index contributed by atoms with van der Waals surface area (Å²) in [6.45, 7) is 9.46. The van der Waals surface area contributed by atoms with E-state index in [-0.39, 0.29) is 12.8 Å². The molecule has 1 spiro atoms. The van der Waals surface area contributed by atoms with Gasteiger partial charge in [-0.05, 0) is 32.4 Å². The van der Waals surface area contributed by atoms with E-state index in [2.05, 4.69) is 0 Å². The number of carbonyl (C=O) groups is 4. The van der Waals surface area contributed by atoms with Gasteiger partial charge in [-0.15, -0.1) is 0 Å². The molecule has 38 heavy (non-hydrogen) atoms. The van der Waals surface area contributed by atoms with Crippen LogP contribution in [0.15, 0.2) is 11.6 Å². The number of aliphatic hydroxyl groups excluding tert-OH is 2. The van der Waals surface area contributed by atoms with E-state index in [1.165, 1.54) is 33.8 Å². The van der Waals surface area contributed by atoms with E-state index in [0.717, 1.165) is 6.92 Å². The van der Waals surface area contributed by atoms with Gasteiger partial charge in [0.15, 0.2) is 17.3 Å². The van der Waals surface area contributed by atoms with Crippen LogP contribution >= 0.6 is 0 Å². The van der Waals surface area contributed by atoms with Gasteiger partial charge in [0, 0.05) is 39.5 Å². The first-order valence-corrected chi connectivity index (χ1v) is 12.6. The van der Waals surface area contributed by atoms with Crippen LogP contribution in [-0.4, -0.2) is 92.6 Å². The van der Waals surface area contributed by atoms with E-state index in [9.17, 15) is 34.5 Å². The quantitative estimate of drug-likeness (QED) is 0.190. The first-order valence-electron chi connectivity index (χ1n) is 12.6. The molecule has 3 N–H and O–H groups in total. The summed E-state index contributed by atoms with van der Waals surface area (Å²) in [6, 6.07) is 0. The van der Waals surface area contributed by atoms with Gasteiger partial charge in [-0.25, -0.2) is 4.79 Å². The van der Waals surface area contributed by atoms with Crippen molar-refractivity contribution < 1.29 is 58.2 Å². The number of epoxide rings is 1. The Kier molecular flexibility index (Phi) is 6.75. The number of rotatable bonds is 3. The molecule has 4 aliphatic rings. The summed E-state index contributed by atoms with van der Waals surface area (Å²) in [5.74, 6) is -4.27. The molecule has 11 atom stereocenters. The van der Waals surface area contributed by atoms with Crippen LogP contribution in [0, 0.1) is 11.3 Å². The summed E-state index contributed by atoms with van der Waals surface area (Å²) >= 11 is 0. The van der Waals surface area contributed by atoms with Crippen molar-refractivity contribution in [3.8, 4) is 0 Å². The molecule has 2 heterocycles. The summed E-state index contributed by atoms with van der Waals surface area (Å²) in [5.41, 5.74) is -6.51. The van der Waals surface area contributed by atoms with Crippen LogP contribution in [0.2, 0.25) is 0 Å². The van der Waals surface area contributed by atoms with Crippen LogP contribution in [0.1, 0.15) is 61.3 Å². The minimum Gasteiger partial charge on any atom is -0.462 e. The lowest BCUT2D eigenvalue weighted by Gasteiger charge is -2.59. The average Bonchev–Trinajstić information content (AvgIpc) is 3.36. The van der Waals surface area contributed by atoms with Gasteiger partial charge in [-0.1, -0.05) is 6.92 Å². The highest BCUT2D eigenvalue weighted by molar-refractivity contribution is 5.89. The highest BCUT2D eigenvalue weighted by Crippen LogP contribution is 2.66. The molecule has 12 heteroatoms. The van der Waals surface area contributed by atoms with Gasteiger partial charge >= 0.3 is 23.9 Å². The lowest BCUT2D eigenvalue weighted by Crippen LogP contribution is -2.72. The molecule has 0 aromatic heterocycles. The molecule has 0 amide bonds. The van der Waals surface area contributed by atoms with Crippen molar-refractivity contribution in [3.05, 3.63) is 11.6 Å². The summed E-state index contributed by atoms with van der Waals surface area (Å²) in [5, 5.41) is 34.2. The van der Waals surface area contributed by atoms with E-state index >= 15 is 0 Å². The Morgan fingerprint density at radius 2 is 1.47 bits per heavy atom. The molecule has 0 unspecified atom stereocenters. The maximum absolute atomic E-state index is 13.0. The van der Waals surface area contributed by atoms with Crippen LogP contribution in [0.5, 0.6) is 0 Å². The second kappa shape index (κ2) is 9.00. The molecule has 3 fully saturated rings. The molecule has 2 aliphatic carbocycles. The van der Waals surface area contributed by atoms with E-state index in [4.69, 9.17) is 23.7 Å². The van der Waals surface area contributed by atoms with Crippen LogP contribution in [0.4, 0.5) is 0 Å². The zero-order valence-corrected chi connectivity index (χ0v) is 22.5. The molecule has 1 saturated carbocycles. The van der Waals surface area contributed by atoms with Crippen molar-refractivity contribution >= 4 is 23.9 Å². The van der Waals surface area contributed by atoms with Gasteiger partial charge < -0.3 is 39.0 Å². The minimum absolute atomic E-state index is 0.197. The fourth-order valence-corrected chi connectivity index (χ4v) is 6.91. The molecule has 2 saturated heterocycles. The Morgan fingerprint density at radius 3 is 1.97 bits per heavy atom. The van der Waals surface area contributed by atoms with E-state index in [0.29, 0.717) is 5.57 Å². The molecule has 212 valence electrons. The molecule has 0 aromatic carbocycles. The summed E-state index contributed by atoms with van der Waals surface area (Å²) in [7, 11) is 0. The highest BCUT2D eigenvalue weighted by atomic mass is 16.7. The predicted molar refractivity (Wildman–Crippen MR) is 126 cm³/mol. The van der Waals surface area contributed by atoms with Crippen molar-refractivity contribution in [2.45, 2.75) is 115 Å². The Morgan fingerprint density at radius 1 is 0.947 bits per heavy atom. The van der Waals surface area contributed by atoms with Crippen LogP contribution < -0.4 is 0 Å². The number of hydrogen-bond acceptors (Lipinski definition) is 12. The first kappa shape index (κ1) is 28.5. The van der Waals surface area contributed by atoms with E-state index in [1.54, 1.807) is 13.8 Å². The van der Waals surface area contributed by atoms with Crippen LogP contribution in [-0.2, 0) is 42.9 Å². The lowest BCUT2D eigenvalue weighted by atomic mass is 9.51. The Balaban J connectivity index is 2.06. The maximum Gasteiger partial charge on any atom is 0.342 e. The number of fused-ring (bicyclic) bond motifs is 1. The molecule has 0 radical (unpaired) electrons.